The number of phenolic OH excluding ortho intramolecular Hbond substituents is 2. The van der Waals surface area contributed by atoms with E-state index in [1.807, 2.05) is 0 Å². The summed E-state index contributed by atoms with van der Waals surface area (Å²) in [5.41, 5.74) is 0.680. The maximum Gasteiger partial charge on any atom is 0.199 e. The van der Waals surface area contributed by atoms with E-state index in [-0.39, 0.29) is 44.9 Å². The van der Waals surface area contributed by atoms with Crippen LogP contribution in [0.15, 0.2) is 24.3 Å². The predicted octanol–water partition coefficient (Wildman–Crippen LogP) is 2.32. The molecular weight excluding hydrogens is 376 g/mol. The molecule has 0 spiro atoms. The fourth-order valence-corrected chi connectivity index (χ4v) is 4.20. The highest BCUT2D eigenvalue weighted by molar-refractivity contribution is 6.40. The molecule has 0 amide bonds. The Morgan fingerprint density at radius 1 is 0.828 bits per heavy atom. The molecule has 0 aromatic heterocycles. The largest absolute Gasteiger partial charge is 0.507 e. The summed E-state index contributed by atoms with van der Waals surface area (Å²) >= 11 is 0. The molecule has 2 N–H and O–H groups in total. The number of rotatable bonds is 1. The van der Waals surface area contributed by atoms with E-state index in [4.69, 9.17) is 4.74 Å². The number of hydrogen-bond acceptors (Lipinski definition) is 7. The topological polar surface area (TPSA) is 121 Å². The van der Waals surface area contributed by atoms with Gasteiger partial charge in [0.25, 0.3) is 0 Å². The second kappa shape index (κ2) is 5.48. The van der Waals surface area contributed by atoms with E-state index >= 15 is 0 Å². The van der Waals surface area contributed by atoms with Crippen LogP contribution in [0.1, 0.15) is 58.1 Å². The Bertz CT molecular complexity index is 1250. The summed E-state index contributed by atoms with van der Waals surface area (Å²) in [7, 11) is 0. The number of Topliss-reactive ketones (excluding diaryl/α,β-unsaturated/α-hetero) is 3. The summed E-state index contributed by atoms with van der Waals surface area (Å²) in [6.45, 7) is 3.25. The summed E-state index contributed by atoms with van der Waals surface area (Å²) < 4.78 is 5.10. The first-order valence-corrected chi connectivity index (χ1v) is 8.96. The van der Waals surface area contributed by atoms with Gasteiger partial charge in [-0.15, -0.1) is 0 Å². The molecule has 2 aliphatic carbocycles. The van der Waals surface area contributed by atoms with E-state index in [0.29, 0.717) is 11.1 Å². The normalized spacial score (nSPS) is 22.1. The van der Waals surface area contributed by atoms with Crippen molar-refractivity contribution in [3.8, 4) is 11.5 Å². The zero-order valence-corrected chi connectivity index (χ0v) is 15.4. The van der Waals surface area contributed by atoms with Gasteiger partial charge in [0.1, 0.15) is 11.5 Å². The van der Waals surface area contributed by atoms with Gasteiger partial charge in [-0.25, -0.2) is 0 Å². The van der Waals surface area contributed by atoms with Crippen molar-refractivity contribution in [2.75, 3.05) is 0 Å². The van der Waals surface area contributed by atoms with Crippen LogP contribution < -0.4 is 0 Å². The molecule has 2 atom stereocenters. The van der Waals surface area contributed by atoms with E-state index in [9.17, 15) is 29.4 Å². The number of aryl methyl sites for hydroxylation is 2. The minimum atomic E-state index is -0.908. The third-order valence-corrected chi connectivity index (χ3v) is 5.56. The lowest BCUT2D eigenvalue weighted by molar-refractivity contribution is 0.0919. The number of allylic oxidation sites excluding steroid dienone is 2. The van der Waals surface area contributed by atoms with E-state index < -0.39 is 35.3 Å². The molecular formula is C22H14O7. The average molecular weight is 390 g/mol. The van der Waals surface area contributed by atoms with E-state index in [1.165, 1.54) is 18.2 Å². The Hall–Kier alpha value is -3.58. The zero-order chi connectivity index (χ0) is 20.8. The minimum Gasteiger partial charge on any atom is -0.507 e. The van der Waals surface area contributed by atoms with Crippen LogP contribution in [0.5, 0.6) is 11.5 Å². The second-order valence-corrected chi connectivity index (χ2v) is 7.50. The number of carbonyl (C=O) groups is 4. The van der Waals surface area contributed by atoms with E-state index in [0.717, 1.165) is 6.08 Å². The van der Waals surface area contributed by atoms with Crippen LogP contribution in [0, 0.1) is 13.8 Å². The third kappa shape index (κ3) is 2.22. The number of carbonyl (C=O) groups excluding carboxylic acids is 4. The lowest BCUT2D eigenvalue weighted by atomic mass is 9.79. The summed E-state index contributed by atoms with van der Waals surface area (Å²) in [6.07, 6.45) is -0.677. The quantitative estimate of drug-likeness (QED) is 0.717. The van der Waals surface area contributed by atoms with E-state index in [1.54, 1.807) is 13.8 Å². The first-order valence-electron chi connectivity index (χ1n) is 8.96. The number of ether oxygens (including phenoxy) is 1. The molecule has 2 aromatic rings. The van der Waals surface area contributed by atoms with Gasteiger partial charge in [0, 0.05) is 22.3 Å². The maximum absolute atomic E-state index is 13.1. The van der Waals surface area contributed by atoms with Crippen molar-refractivity contribution in [2.45, 2.75) is 26.1 Å². The smallest absolute Gasteiger partial charge is 0.199 e. The van der Waals surface area contributed by atoms with Gasteiger partial charge in [-0.1, -0.05) is 0 Å². The Morgan fingerprint density at radius 2 is 1.52 bits per heavy atom. The lowest BCUT2D eigenvalue weighted by Gasteiger charge is -2.22. The number of phenols is 2. The molecule has 0 radical (unpaired) electrons. The van der Waals surface area contributed by atoms with Crippen LogP contribution >= 0.6 is 0 Å². The first-order chi connectivity index (χ1) is 13.7. The van der Waals surface area contributed by atoms with Gasteiger partial charge in [-0.05, 0) is 49.2 Å². The molecule has 0 saturated carbocycles. The van der Waals surface area contributed by atoms with Crippen LogP contribution in [-0.2, 0) is 4.74 Å². The molecule has 3 aliphatic rings. The monoisotopic (exact) mass is 390 g/mol. The summed E-state index contributed by atoms with van der Waals surface area (Å²) in [5, 5.41) is 21.0. The highest BCUT2D eigenvalue weighted by Crippen LogP contribution is 2.45. The van der Waals surface area contributed by atoms with Crippen molar-refractivity contribution in [1.82, 2.24) is 0 Å². The van der Waals surface area contributed by atoms with Crippen LogP contribution in [0.2, 0.25) is 0 Å². The van der Waals surface area contributed by atoms with E-state index in [2.05, 4.69) is 0 Å². The molecule has 2 aromatic carbocycles. The molecule has 0 bridgehead atoms. The highest BCUT2D eigenvalue weighted by Gasteiger charge is 2.56. The third-order valence-electron chi connectivity index (χ3n) is 5.56. The fraction of sp³-hybridized carbons (Fsp3) is 0.182. The molecule has 1 fully saturated rings. The molecule has 1 heterocycles. The number of aromatic hydroxyl groups is 2. The van der Waals surface area contributed by atoms with Crippen LogP contribution in [0.25, 0.3) is 5.57 Å². The molecule has 5 rings (SSSR count). The number of hydrogen-bond donors (Lipinski definition) is 2. The summed E-state index contributed by atoms with van der Waals surface area (Å²) in [5.74, 6) is -2.87. The molecule has 0 unspecified atom stereocenters. The standard InChI is InChI=1S/C22H14O7/c1-7-3-9-15(12(23)4-7)13(24)6-11(17(9)25)14-8(2)5-10-16(19(14)27)20(28)22-21(29-22)18(10)26/h3-6,21-23,27H,1-2H3/t21-,22+/m0/s1. The Balaban J connectivity index is 1.74. The van der Waals surface area contributed by atoms with Crippen molar-refractivity contribution in [1.29, 1.82) is 0 Å². The molecule has 29 heavy (non-hydrogen) atoms. The summed E-state index contributed by atoms with van der Waals surface area (Å²) in [6, 6.07) is 4.32. The van der Waals surface area contributed by atoms with Crippen LogP contribution in [-0.4, -0.2) is 45.6 Å². The van der Waals surface area contributed by atoms with Crippen molar-refractivity contribution >= 4 is 28.7 Å². The number of epoxide rings is 1. The average Bonchev–Trinajstić information content (AvgIpc) is 3.44. The number of benzene rings is 2. The number of fused-ring (bicyclic) bond motifs is 3. The van der Waals surface area contributed by atoms with Gasteiger partial charge in [-0.2, -0.15) is 0 Å². The van der Waals surface area contributed by atoms with Gasteiger partial charge >= 0.3 is 0 Å². The molecule has 7 nitrogen and oxygen atoms in total. The van der Waals surface area contributed by atoms with Gasteiger partial charge in [0.2, 0.25) is 0 Å². The molecule has 1 aliphatic heterocycles. The zero-order valence-electron chi connectivity index (χ0n) is 15.4. The Labute approximate surface area is 164 Å². The minimum absolute atomic E-state index is 0.0222. The van der Waals surface area contributed by atoms with Gasteiger partial charge < -0.3 is 14.9 Å². The highest BCUT2D eigenvalue weighted by atomic mass is 16.6. The fourth-order valence-electron chi connectivity index (χ4n) is 4.20. The SMILES string of the molecule is Cc1cc(O)c2c(c1)C(=O)C(c1c(C)cc3c(c1O)C(=O)[C@H]1O[C@H]1C3=O)=CC2=O. The maximum atomic E-state index is 13.1. The Morgan fingerprint density at radius 3 is 2.24 bits per heavy atom. The van der Waals surface area contributed by atoms with Crippen LogP contribution in [0.3, 0.4) is 0 Å². The van der Waals surface area contributed by atoms with Crippen molar-refractivity contribution in [3.05, 3.63) is 63.2 Å². The van der Waals surface area contributed by atoms with Crippen LogP contribution in [0.4, 0.5) is 0 Å². The lowest BCUT2D eigenvalue weighted by Crippen LogP contribution is -2.27. The number of ketones is 4. The van der Waals surface area contributed by atoms with Gasteiger partial charge in [0.05, 0.1) is 11.1 Å². The second-order valence-electron chi connectivity index (χ2n) is 7.50. The molecule has 7 heteroatoms. The van der Waals surface area contributed by atoms with Crippen molar-refractivity contribution in [2.24, 2.45) is 0 Å². The predicted molar refractivity (Wildman–Crippen MR) is 99.6 cm³/mol. The van der Waals surface area contributed by atoms with Gasteiger partial charge in [-0.3, -0.25) is 19.2 Å². The van der Waals surface area contributed by atoms with Gasteiger partial charge in [0.15, 0.2) is 35.3 Å². The Kier molecular flexibility index (Phi) is 3.31. The summed E-state index contributed by atoms with van der Waals surface area (Å²) in [4.78, 5) is 50.7. The molecule has 144 valence electrons. The van der Waals surface area contributed by atoms with Crippen molar-refractivity contribution < 1.29 is 34.1 Å². The molecule has 1 saturated heterocycles. The van der Waals surface area contributed by atoms with Crippen molar-refractivity contribution in [3.63, 3.8) is 0 Å². The first kappa shape index (κ1) is 17.5.